The van der Waals surface area contributed by atoms with Crippen LogP contribution in [0.15, 0.2) is 30.5 Å². The van der Waals surface area contributed by atoms with Crippen LogP contribution in [0.4, 0.5) is 15.0 Å². The third-order valence-electron chi connectivity index (χ3n) is 5.78. The normalized spacial score (nSPS) is 15.8. The van der Waals surface area contributed by atoms with Crippen molar-refractivity contribution in [2.45, 2.75) is 6.54 Å². The van der Waals surface area contributed by atoms with Crippen molar-refractivity contribution in [2.75, 3.05) is 58.5 Å². The number of aromatic nitrogens is 1. The van der Waals surface area contributed by atoms with Crippen LogP contribution in [0.3, 0.4) is 0 Å². The highest BCUT2D eigenvalue weighted by Crippen LogP contribution is 2.38. The van der Waals surface area contributed by atoms with E-state index in [1.807, 2.05) is 18.0 Å². The maximum Gasteiger partial charge on any atom is 0.411 e. The third-order valence-corrected chi connectivity index (χ3v) is 5.78. The molecule has 33 heavy (non-hydrogen) atoms. The molecule has 1 amide bonds. The van der Waals surface area contributed by atoms with Gasteiger partial charge < -0.3 is 29.5 Å². The summed E-state index contributed by atoms with van der Waals surface area (Å²) in [5, 5.41) is 19.8. The zero-order valence-electron chi connectivity index (χ0n) is 18.6. The number of pyridine rings is 1. The molecule has 2 aromatic rings. The molecule has 1 aromatic heterocycles. The molecule has 1 saturated heterocycles. The van der Waals surface area contributed by atoms with Gasteiger partial charge in [0.1, 0.15) is 17.4 Å². The Hall–Kier alpha value is -3.37. The largest absolute Gasteiger partial charge is 0.508 e. The van der Waals surface area contributed by atoms with E-state index in [4.69, 9.17) is 14.5 Å². The molecule has 0 bridgehead atoms. The number of likely N-dealkylation sites (N-methyl/N-ethyl adjacent to an activating group) is 1. The van der Waals surface area contributed by atoms with Crippen LogP contribution in [-0.2, 0) is 16.0 Å². The Morgan fingerprint density at radius 3 is 2.70 bits per heavy atom. The van der Waals surface area contributed by atoms with Crippen molar-refractivity contribution in [3.05, 3.63) is 47.5 Å². The highest BCUT2D eigenvalue weighted by molar-refractivity contribution is 5.82. The highest BCUT2D eigenvalue weighted by atomic mass is 19.1. The molecule has 4 rings (SSSR count). The number of morpholine rings is 1. The lowest BCUT2D eigenvalue weighted by atomic mass is 9.94. The third kappa shape index (κ3) is 4.86. The molecule has 0 spiro atoms. The van der Waals surface area contributed by atoms with E-state index in [9.17, 15) is 19.4 Å². The quantitative estimate of drug-likeness (QED) is 0.682. The Balaban J connectivity index is 1.91. The van der Waals surface area contributed by atoms with Crippen LogP contribution in [0.25, 0.3) is 16.8 Å². The molecule has 2 aliphatic heterocycles. The number of hydrogen-bond donors (Lipinski definition) is 2. The molecule has 0 aliphatic carbocycles. The summed E-state index contributed by atoms with van der Waals surface area (Å²) in [7, 11) is 3.45. The molecule has 3 heterocycles. The smallest absolute Gasteiger partial charge is 0.411 e. The van der Waals surface area contributed by atoms with Crippen LogP contribution < -0.4 is 4.90 Å². The van der Waals surface area contributed by atoms with E-state index >= 15 is 0 Å². The van der Waals surface area contributed by atoms with Crippen molar-refractivity contribution >= 4 is 17.6 Å². The molecule has 0 radical (unpaired) electrons. The summed E-state index contributed by atoms with van der Waals surface area (Å²) in [6, 6.07) is 5.67. The number of phenolic OH excluding ortho intramolecular Hbond substituents is 1. The molecule has 0 atom stereocenters. The lowest BCUT2D eigenvalue weighted by molar-refractivity contribution is 0.122. The first-order chi connectivity index (χ1) is 15.9. The van der Waals surface area contributed by atoms with Crippen LogP contribution in [0.5, 0.6) is 5.75 Å². The minimum Gasteiger partial charge on any atom is -0.508 e. The fourth-order valence-corrected chi connectivity index (χ4v) is 4.05. The lowest BCUT2D eigenvalue weighted by Gasteiger charge is -2.34. The molecule has 0 unspecified atom stereocenters. The molecule has 1 aromatic carbocycles. The number of amides is 1. The number of rotatable bonds is 6. The van der Waals surface area contributed by atoms with Gasteiger partial charge in [0.15, 0.2) is 0 Å². The molecule has 0 saturated carbocycles. The van der Waals surface area contributed by atoms with Crippen molar-refractivity contribution in [3.8, 4) is 16.9 Å². The van der Waals surface area contributed by atoms with Crippen molar-refractivity contribution < 1.29 is 28.9 Å². The number of aromatic hydroxyl groups is 1. The van der Waals surface area contributed by atoms with E-state index in [2.05, 4.69) is 4.90 Å². The SMILES string of the molecule is COCCN(C)C1=CN(C(=O)O)Cc2c(-c3cc(O)cc(F)c3)cc(N3CCOCC3)nc21. The van der Waals surface area contributed by atoms with Crippen molar-refractivity contribution in [1.29, 1.82) is 0 Å². The maximum absolute atomic E-state index is 14.2. The molecule has 1 fully saturated rings. The standard InChI is InChI=1S/C23H27FN4O5/c1-26(3-6-32-2)20-14-28(23(30)31)13-19-18(15-9-16(24)11-17(29)10-15)12-21(25-22(19)20)27-4-7-33-8-5-27/h9-12,14,29H,3-8,13H2,1-2H3,(H,30,31). The summed E-state index contributed by atoms with van der Waals surface area (Å²) in [5.41, 5.74) is 2.95. The highest BCUT2D eigenvalue weighted by Gasteiger charge is 2.29. The number of hydrogen-bond acceptors (Lipinski definition) is 7. The van der Waals surface area contributed by atoms with Gasteiger partial charge in [0.05, 0.1) is 37.8 Å². The van der Waals surface area contributed by atoms with Gasteiger partial charge in [-0.3, -0.25) is 4.90 Å². The van der Waals surface area contributed by atoms with E-state index in [0.29, 0.717) is 73.4 Å². The number of methoxy groups -OCH3 is 1. The second kappa shape index (κ2) is 9.63. The second-order valence-corrected chi connectivity index (χ2v) is 7.99. The van der Waals surface area contributed by atoms with Crippen molar-refractivity contribution in [2.24, 2.45) is 0 Å². The number of benzene rings is 1. The summed E-state index contributed by atoms with van der Waals surface area (Å²) in [6.07, 6.45) is 0.451. The average Bonchev–Trinajstić information content (AvgIpc) is 2.81. The predicted octanol–water partition coefficient (Wildman–Crippen LogP) is 2.80. The Morgan fingerprint density at radius 1 is 1.27 bits per heavy atom. The minimum atomic E-state index is -1.11. The monoisotopic (exact) mass is 458 g/mol. The fraction of sp³-hybridized carbons (Fsp3) is 0.391. The molecule has 9 nitrogen and oxygen atoms in total. The van der Waals surface area contributed by atoms with E-state index in [1.54, 1.807) is 13.3 Å². The average molecular weight is 458 g/mol. The van der Waals surface area contributed by atoms with Crippen molar-refractivity contribution in [3.63, 3.8) is 0 Å². The Kier molecular flexibility index (Phi) is 6.66. The number of carboxylic acid groups (broad SMARTS) is 1. The summed E-state index contributed by atoms with van der Waals surface area (Å²) >= 11 is 0. The zero-order valence-corrected chi connectivity index (χ0v) is 18.6. The van der Waals surface area contributed by atoms with Gasteiger partial charge >= 0.3 is 6.09 Å². The molecule has 176 valence electrons. The van der Waals surface area contributed by atoms with E-state index in [1.165, 1.54) is 17.0 Å². The van der Waals surface area contributed by atoms with Gasteiger partial charge in [-0.1, -0.05) is 0 Å². The zero-order chi connectivity index (χ0) is 23.5. The molecular weight excluding hydrogens is 431 g/mol. The molecule has 10 heteroatoms. The van der Waals surface area contributed by atoms with E-state index in [0.717, 1.165) is 6.07 Å². The van der Waals surface area contributed by atoms with Gasteiger partial charge in [0.25, 0.3) is 0 Å². The van der Waals surface area contributed by atoms with Gasteiger partial charge in [-0.2, -0.15) is 0 Å². The predicted molar refractivity (Wildman–Crippen MR) is 120 cm³/mol. The number of ether oxygens (including phenoxy) is 2. The number of halogens is 1. The van der Waals surface area contributed by atoms with Crippen LogP contribution in [0, 0.1) is 5.82 Å². The van der Waals surface area contributed by atoms with Crippen LogP contribution in [0.2, 0.25) is 0 Å². The second-order valence-electron chi connectivity index (χ2n) is 7.99. The number of nitrogens with zero attached hydrogens (tertiary/aromatic N) is 4. The Labute approximate surface area is 191 Å². The van der Waals surface area contributed by atoms with Gasteiger partial charge in [-0.15, -0.1) is 0 Å². The van der Waals surface area contributed by atoms with Gasteiger partial charge in [-0.05, 0) is 29.3 Å². The van der Waals surface area contributed by atoms with Gasteiger partial charge in [0, 0.05) is 51.6 Å². The first kappa shape index (κ1) is 22.8. The van der Waals surface area contributed by atoms with Crippen LogP contribution >= 0.6 is 0 Å². The summed E-state index contributed by atoms with van der Waals surface area (Å²) < 4.78 is 24.9. The fourth-order valence-electron chi connectivity index (χ4n) is 4.05. The summed E-state index contributed by atoms with van der Waals surface area (Å²) in [5.74, 6) is -0.102. The number of fused-ring (bicyclic) bond motifs is 1. The van der Waals surface area contributed by atoms with Crippen molar-refractivity contribution in [1.82, 2.24) is 14.8 Å². The minimum absolute atomic E-state index is 0.0509. The number of carbonyl (C=O) groups is 1. The molecule has 2 N–H and O–H groups in total. The summed E-state index contributed by atoms with van der Waals surface area (Å²) in [4.78, 5) is 22.0. The Morgan fingerprint density at radius 2 is 2.03 bits per heavy atom. The van der Waals surface area contributed by atoms with E-state index in [-0.39, 0.29) is 12.3 Å². The van der Waals surface area contributed by atoms with Crippen LogP contribution in [0.1, 0.15) is 11.3 Å². The first-order valence-corrected chi connectivity index (χ1v) is 10.7. The maximum atomic E-state index is 14.2. The molecule has 2 aliphatic rings. The van der Waals surface area contributed by atoms with Gasteiger partial charge in [0.2, 0.25) is 0 Å². The van der Waals surface area contributed by atoms with E-state index < -0.39 is 11.9 Å². The first-order valence-electron chi connectivity index (χ1n) is 10.7. The Bertz CT molecular complexity index is 1050. The topological polar surface area (TPSA) is 98.6 Å². The summed E-state index contributed by atoms with van der Waals surface area (Å²) in [6.45, 7) is 3.46. The lowest BCUT2D eigenvalue weighted by Crippen LogP contribution is -2.38. The number of anilines is 1. The van der Waals surface area contributed by atoms with Gasteiger partial charge in [-0.25, -0.2) is 14.2 Å². The number of phenols is 1. The van der Waals surface area contributed by atoms with Crippen LogP contribution in [-0.4, -0.2) is 84.7 Å². The molecular formula is C23H27FN4O5.